The highest BCUT2D eigenvalue weighted by molar-refractivity contribution is 6.03. The van der Waals surface area contributed by atoms with Crippen LogP contribution in [0.3, 0.4) is 0 Å². The number of Topliss-reactive ketones (excluding diaryl/α,β-unsaturated/α-hetero) is 1. The number of rotatable bonds is 8. The van der Waals surface area contributed by atoms with Gasteiger partial charge in [0.1, 0.15) is 18.6 Å². The lowest BCUT2D eigenvalue weighted by atomic mass is 9.88. The molecule has 0 amide bonds. The summed E-state index contributed by atoms with van der Waals surface area (Å²) in [4.78, 5) is 23.0. The minimum Gasteiger partial charge on any atom is -0.465 e. The average molecular weight is 288 g/mol. The van der Waals surface area contributed by atoms with Crippen LogP contribution in [-0.2, 0) is 19.1 Å². The Morgan fingerprint density at radius 3 is 2.16 bits per heavy atom. The Morgan fingerprint density at radius 2 is 1.74 bits per heavy atom. The topological polar surface area (TPSA) is 52.6 Å². The smallest absolute Gasteiger partial charge is 0.330 e. The zero-order chi connectivity index (χ0) is 15.3. The van der Waals surface area contributed by atoms with Crippen molar-refractivity contribution in [3.05, 3.63) is 0 Å². The lowest BCUT2D eigenvalue weighted by molar-refractivity contribution is -0.172. The van der Waals surface area contributed by atoms with Gasteiger partial charge < -0.3 is 9.47 Å². The van der Waals surface area contributed by atoms with Crippen molar-refractivity contribution in [2.24, 2.45) is 5.41 Å². The van der Waals surface area contributed by atoms with E-state index in [2.05, 4.69) is 9.47 Å². The molecule has 19 heavy (non-hydrogen) atoms. The lowest BCUT2D eigenvalue weighted by Crippen LogP contribution is -2.39. The minimum absolute atomic E-state index is 0.0554. The molecule has 0 aliphatic rings. The number of carbonyl (C=O) groups is 2. The number of ketones is 1. The van der Waals surface area contributed by atoms with Crippen molar-refractivity contribution < 1.29 is 36.6 Å². The SMILES string of the molecule is CCOC(=O)C(C)(C)C(=O)COCC(F)(F)C(F)F. The maximum atomic E-state index is 12.5. The van der Waals surface area contributed by atoms with Crippen molar-refractivity contribution in [2.45, 2.75) is 33.1 Å². The Labute approximate surface area is 108 Å². The first-order chi connectivity index (χ1) is 8.55. The van der Waals surface area contributed by atoms with E-state index in [9.17, 15) is 27.2 Å². The number of hydrogen-bond acceptors (Lipinski definition) is 4. The Hall–Kier alpha value is -1.18. The van der Waals surface area contributed by atoms with E-state index in [0.29, 0.717) is 0 Å². The second-order valence-corrected chi connectivity index (χ2v) is 4.32. The van der Waals surface area contributed by atoms with Gasteiger partial charge in [-0.05, 0) is 20.8 Å². The minimum atomic E-state index is -4.33. The van der Waals surface area contributed by atoms with Gasteiger partial charge in [0.15, 0.2) is 5.78 Å². The molecular formula is C11H16F4O4. The van der Waals surface area contributed by atoms with E-state index in [0.717, 1.165) is 0 Å². The number of esters is 1. The van der Waals surface area contributed by atoms with Crippen molar-refractivity contribution in [1.82, 2.24) is 0 Å². The standard InChI is InChI=1S/C11H16F4O4/c1-4-19-9(17)10(2,3)7(16)5-18-6-11(14,15)8(12)13/h8H,4-6H2,1-3H3. The summed E-state index contributed by atoms with van der Waals surface area (Å²) in [5, 5.41) is 0. The predicted molar refractivity (Wildman–Crippen MR) is 57.2 cm³/mol. The molecule has 0 aliphatic carbocycles. The van der Waals surface area contributed by atoms with Gasteiger partial charge in [0.05, 0.1) is 6.61 Å². The molecule has 0 saturated heterocycles. The zero-order valence-electron chi connectivity index (χ0n) is 10.8. The largest absolute Gasteiger partial charge is 0.465 e. The molecule has 0 heterocycles. The summed E-state index contributed by atoms with van der Waals surface area (Å²) < 4.78 is 57.5. The molecule has 0 spiro atoms. The van der Waals surface area contributed by atoms with Crippen LogP contribution >= 0.6 is 0 Å². The Morgan fingerprint density at radius 1 is 1.21 bits per heavy atom. The second kappa shape index (κ2) is 6.83. The van der Waals surface area contributed by atoms with Crippen LogP contribution in [0, 0.1) is 5.41 Å². The van der Waals surface area contributed by atoms with Gasteiger partial charge in [0.25, 0.3) is 0 Å². The highest BCUT2D eigenvalue weighted by Gasteiger charge is 2.42. The third-order valence-corrected chi connectivity index (χ3v) is 2.33. The summed E-state index contributed by atoms with van der Waals surface area (Å²) in [7, 11) is 0. The van der Waals surface area contributed by atoms with E-state index < -0.39 is 42.7 Å². The number of hydrogen-bond donors (Lipinski definition) is 0. The van der Waals surface area contributed by atoms with Gasteiger partial charge in [0, 0.05) is 0 Å². The van der Waals surface area contributed by atoms with Crippen molar-refractivity contribution in [2.75, 3.05) is 19.8 Å². The van der Waals surface area contributed by atoms with Crippen LogP contribution in [0.1, 0.15) is 20.8 Å². The summed E-state index contributed by atoms with van der Waals surface area (Å²) in [5.41, 5.74) is -1.57. The molecule has 0 atom stereocenters. The fourth-order valence-electron chi connectivity index (χ4n) is 0.949. The van der Waals surface area contributed by atoms with Crippen molar-refractivity contribution in [3.63, 3.8) is 0 Å². The fourth-order valence-corrected chi connectivity index (χ4v) is 0.949. The summed E-state index contributed by atoms with van der Waals surface area (Å²) in [6.45, 7) is 1.62. The molecule has 0 aromatic rings. The molecule has 0 rings (SSSR count). The van der Waals surface area contributed by atoms with Gasteiger partial charge in [0.2, 0.25) is 0 Å². The molecule has 0 aromatic carbocycles. The second-order valence-electron chi connectivity index (χ2n) is 4.32. The Bertz CT molecular complexity index is 329. The summed E-state index contributed by atoms with van der Waals surface area (Å²) in [5.74, 6) is -5.98. The molecule has 4 nitrogen and oxygen atoms in total. The average Bonchev–Trinajstić information content (AvgIpc) is 2.28. The van der Waals surface area contributed by atoms with E-state index in [1.165, 1.54) is 20.8 Å². The van der Waals surface area contributed by atoms with Gasteiger partial charge in [-0.25, -0.2) is 8.78 Å². The van der Waals surface area contributed by atoms with E-state index in [-0.39, 0.29) is 6.61 Å². The molecule has 0 saturated carbocycles. The van der Waals surface area contributed by atoms with E-state index in [1.54, 1.807) is 0 Å². The first-order valence-electron chi connectivity index (χ1n) is 5.50. The fraction of sp³-hybridized carbons (Fsp3) is 0.818. The maximum Gasteiger partial charge on any atom is 0.330 e. The molecular weight excluding hydrogens is 272 g/mol. The quantitative estimate of drug-likeness (QED) is 0.390. The van der Waals surface area contributed by atoms with Gasteiger partial charge in [-0.15, -0.1) is 0 Å². The van der Waals surface area contributed by atoms with Crippen LogP contribution in [0.15, 0.2) is 0 Å². The lowest BCUT2D eigenvalue weighted by Gasteiger charge is -2.21. The van der Waals surface area contributed by atoms with Crippen molar-refractivity contribution >= 4 is 11.8 Å². The summed E-state index contributed by atoms with van der Waals surface area (Å²) in [6.07, 6.45) is -3.87. The molecule has 0 bridgehead atoms. The van der Waals surface area contributed by atoms with Gasteiger partial charge in [-0.2, -0.15) is 8.78 Å². The summed E-state index contributed by atoms with van der Waals surface area (Å²) >= 11 is 0. The van der Waals surface area contributed by atoms with E-state index in [1.807, 2.05) is 0 Å². The molecule has 0 unspecified atom stereocenters. The third kappa shape index (κ3) is 5.14. The number of ether oxygens (including phenoxy) is 2. The molecule has 0 radical (unpaired) electrons. The van der Waals surface area contributed by atoms with Crippen LogP contribution in [0.5, 0.6) is 0 Å². The summed E-state index contributed by atoms with van der Waals surface area (Å²) in [6, 6.07) is 0. The van der Waals surface area contributed by atoms with Crippen LogP contribution < -0.4 is 0 Å². The van der Waals surface area contributed by atoms with E-state index >= 15 is 0 Å². The van der Waals surface area contributed by atoms with Gasteiger partial charge >= 0.3 is 18.3 Å². The third-order valence-electron chi connectivity index (χ3n) is 2.33. The molecule has 8 heteroatoms. The first kappa shape index (κ1) is 17.8. The predicted octanol–water partition coefficient (Wildman–Crippen LogP) is 2.06. The van der Waals surface area contributed by atoms with Crippen LogP contribution in [0.2, 0.25) is 0 Å². The first-order valence-corrected chi connectivity index (χ1v) is 5.50. The van der Waals surface area contributed by atoms with E-state index in [4.69, 9.17) is 0 Å². The number of alkyl halides is 4. The Balaban J connectivity index is 4.36. The normalized spacial score (nSPS) is 12.6. The van der Waals surface area contributed by atoms with Crippen molar-refractivity contribution in [1.29, 1.82) is 0 Å². The highest BCUT2D eigenvalue weighted by Crippen LogP contribution is 2.24. The number of carbonyl (C=O) groups excluding carboxylic acids is 2. The molecule has 0 fully saturated rings. The van der Waals surface area contributed by atoms with Crippen LogP contribution in [0.25, 0.3) is 0 Å². The molecule has 112 valence electrons. The maximum absolute atomic E-state index is 12.5. The van der Waals surface area contributed by atoms with Crippen LogP contribution in [0.4, 0.5) is 17.6 Å². The van der Waals surface area contributed by atoms with Crippen molar-refractivity contribution in [3.8, 4) is 0 Å². The zero-order valence-corrected chi connectivity index (χ0v) is 10.8. The Kier molecular flexibility index (Phi) is 6.41. The van der Waals surface area contributed by atoms with Gasteiger partial charge in [-0.1, -0.05) is 0 Å². The monoisotopic (exact) mass is 288 g/mol. The molecule has 0 aromatic heterocycles. The van der Waals surface area contributed by atoms with Gasteiger partial charge in [-0.3, -0.25) is 9.59 Å². The highest BCUT2D eigenvalue weighted by atomic mass is 19.3. The van der Waals surface area contributed by atoms with Crippen LogP contribution in [-0.4, -0.2) is 43.9 Å². The number of halogens is 4. The molecule has 0 N–H and O–H groups in total. The molecule has 0 aliphatic heterocycles.